The molecule has 0 aromatic carbocycles. The van der Waals surface area contributed by atoms with Gasteiger partial charge in [0.1, 0.15) is 25.4 Å². The van der Waals surface area contributed by atoms with Crippen LogP contribution in [0, 0.1) is 0 Å². The molecule has 0 radical (unpaired) electrons. The third kappa shape index (κ3) is 89.5. The highest BCUT2D eigenvalue weighted by Gasteiger charge is 2.29. The van der Waals surface area contributed by atoms with Gasteiger partial charge in [0, 0.05) is 19.3 Å². The van der Waals surface area contributed by atoms with Crippen molar-refractivity contribution in [2.75, 3.05) is 39.6 Å². The zero-order valence-corrected chi connectivity index (χ0v) is 74.2. The van der Waals surface area contributed by atoms with Gasteiger partial charge in [0.05, 0.1) is 26.4 Å². The van der Waals surface area contributed by atoms with Crippen LogP contribution in [0.5, 0.6) is 0 Å². The molecule has 16 nitrogen and oxygen atoms in total. The van der Waals surface area contributed by atoms with E-state index in [9.17, 15) is 43.5 Å². The van der Waals surface area contributed by atoms with E-state index < -0.39 is 91.5 Å². The number of rotatable bonds is 85. The van der Waals surface area contributed by atoms with Gasteiger partial charge >= 0.3 is 33.6 Å². The molecule has 0 aliphatic heterocycles. The maximum absolute atomic E-state index is 13.1. The van der Waals surface area contributed by atoms with Gasteiger partial charge in [-0.2, -0.15) is 0 Å². The van der Waals surface area contributed by atoms with E-state index in [1.807, 2.05) is 0 Å². The SMILES string of the molecule is CC/C=C\C/C=C\C/C=C\C/C=C\C/C=C\CCCCCCCCCCCCCC(=O)OCC(O)COP(=O)(O)OCC(O)COP(=O)(O)OCC(COC(=O)CCCCCCCCCCCCC/C=C\C/C=C\C/C=C\C/C=C\C/C=C\CC)OC(=O)CCCCCCCCCCC/C=C\C/C=C\C/C=C\C/C=C\CCCCC. The quantitative estimate of drug-likeness (QED) is 0.0146. The number of unbranched alkanes of at least 4 members (excludes halogenated alkanes) is 34. The van der Waals surface area contributed by atoms with Crippen molar-refractivity contribution in [1.82, 2.24) is 0 Å². The Morgan fingerprint density at radius 2 is 0.461 bits per heavy atom. The molecule has 115 heavy (non-hydrogen) atoms. The summed E-state index contributed by atoms with van der Waals surface area (Å²) in [5, 5.41) is 20.7. The van der Waals surface area contributed by atoms with E-state index in [-0.39, 0.29) is 19.3 Å². The third-order valence-electron chi connectivity index (χ3n) is 18.9. The topological polar surface area (TPSA) is 231 Å². The molecule has 0 bridgehead atoms. The van der Waals surface area contributed by atoms with Crippen molar-refractivity contribution in [2.45, 2.75) is 386 Å². The molecule has 5 atom stereocenters. The van der Waals surface area contributed by atoms with Gasteiger partial charge in [0.15, 0.2) is 6.10 Å². The molecule has 0 aliphatic rings. The smallest absolute Gasteiger partial charge is 0.463 e. The third-order valence-corrected chi connectivity index (χ3v) is 20.8. The van der Waals surface area contributed by atoms with Crippen LogP contribution < -0.4 is 0 Å². The number of carbonyl (C=O) groups excluding carboxylic acids is 3. The lowest BCUT2D eigenvalue weighted by Crippen LogP contribution is -2.30. The second-order valence-corrected chi connectivity index (χ2v) is 32.9. The second kappa shape index (κ2) is 88.2. The number of allylic oxidation sites excluding steroid dienone is 28. The monoisotopic (exact) mass is 1650 g/mol. The Labute approximate surface area is 701 Å². The van der Waals surface area contributed by atoms with Crippen LogP contribution in [0.25, 0.3) is 0 Å². The van der Waals surface area contributed by atoms with Crippen LogP contribution in [0.4, 0.5) is 0 Å². The largest absolute Gasteiger partial charge is 0.472 e. The molecule has 18 heteroatoms. The fourth-order valence-corrected chi connectivity index (χ4v) is 13.7. The summed E-state index contributed by atoms with van der Waals surface area (Å²) in [5.41, 5.74) is 0. The zero-order valence-electron chi connectivity index (χ0n) is 72.4. The van der Waals surface area contributed by atoms with Crippen molar-refractivity contribution in [3.05, 3.63) is 170 Å². The number of aliphatic hydroxyl groups is 2. The van der Waals surface area contributed by atoms with Gasteiger partial charge in [0.2, 0.25) is 0 Å². The number of carbonyl (C=O) groups is 3. The molecule has 0 amide bonds. The van der Waals surface area contributed by atoms with E-state index in [0.717, 1.165) is 173 Å². The van der Waals surface area contributed by atoms with E-state index in [0.29, 0.717) is 19.3 Å². The first-order chi connectivity index (χ1) is 56.2. The summed E-state index contributed by atoms with van der Waals surface area (Å²) in [5.74, 6) is -1.58. The molecule has 0 saturated carbocycles. The number of aliphatic hydroxyl groups excluding tert-OH is 2. The van der Waals surface area contributed by atoms with Gasteiger partial charge in [-0.25, -0.2) is 9.13 Å². The van der Waals surface area contributed by atoms with Gasteiger partial charge in [-0.3, -0.25) is 32.5 Å². The average molecular weight is 1650 g/mol. The molecule has 4 N–H and O–H groups in total. The first-order valence-electron chi connectivity index (χ1n) is 45.4. The number of ether oxygens (including phenoxy) is 3. The molecule has 0 aromatic rings. The van der Waals surface area contributed by atoms with Gasteiger partial charge in [-0.1, -0.05) is 364 Å². The van der Waals surface area contributed by atoms with Crippen LogP contribution in [0.15, 0.2) is 170 Å². The van der Waals surface area contributed by atoms with Crippen molar-refractivity contribution in [2.24, 2.45) is 0 Å². The molecule has 0 saturated heterocycles. The van der Waals surface area contributed by atoms with Crippen molar-refractivity contribution in [3.8, 4) is 0 Å². The standard InChI is InChI=1S/C97H164O16P2/c1-4-7-10-13-16-19-22-25-28-31-34-37-40-43-45-48-50-53-56-59-62-65-68-71-74-77-80-83-95(100)107-86-92(98)87-109-114(103,104)110-88-93(99)89-111-115(105,106)112-91-94(113-97(102)85-82-79-76-73-70-67-64-61-58-55-52-47-42-39-36-33-30-27-24-21-18-15-12-9-6-3)90-108-96(101)84-81-78-75-72-69-66-63-60-57-54-51-49-46-44-41-38-35-32-29-26-23-20-17-14-11-8-5-2/h7-8,10-11,16-21,25-30,34-39,43-47,52,92-94,98-99H,4-6,9,12-15,22-24,31-33,40-42,48-51,53-91H2,1-3H3,(H,103,104)(H,105,106)/b10-7-,11-8-,19-16-,20-17-,21-18-,28-25-,29-26-,30-27-,37-34-,38-35-,39-36-,45-43-,46-44-,52-47-. The normalized spacial score (nSPS) is 14.6. The maximum atomic E-state index is 13.1. The van der Waals surface area contributed by atoms with Crippen LogP contribution in [0.2, 0.25) is 0 Å². The maximum Gasteiger partial charge on any atom is 0.472 e. The summed E-state index contributed by atoms with van der Waals surface area (Å²) in [4.78, 5) is 59.0. The van der Waals surface area contributed by atoms with E-state index in [2.05, 4.69) is 191 Å². The summed E-state index contributed by atoms with van der Waals surface area (Å²) < 4.78 is 61.5. The molecule has 0 spiro atoms. The Hall–Kier alpha value is -5.09. The summed E-state index contributed by atoms with van der Waals surface area (Å²) in [7, 11) is -9.82. The number of phosphoric acid groups is 2. The average Bonchev–Trinajstić information content (AvgIpc) is 0.908. The van der Waals surface area contributed by atoms with Crippen molar-refractivity contribution in [3.63, 3.8) is 0 Å². The highest BCUT2D eigenvalue weighted by atomic mass is 31.2. The van der Waals surface area contributed by atoms with Crippen molar-refractivity contribution >= 4 is 33.6 Å². The molecule has 0 aromatic heterocycles. The van der Waals surface area contributed by atoms with Crippen LogP contribution in [-0.2, 0) is 55.8 Å². The second-order valence-electron chi connectivity index (χ2n) is 30.0. The Balaban J connectivity index is 4.68. The van der Waals surface area contributed by atoms with E-state index in [4.69, 9.17) is 32.3 Å². The summed E-state index contributed by atoms with van der Waals surface area (Å²) in [6.45, 7) is 2.45. The van der Waals surface area contributed by atoms with Crippen LogP contribution >= 0.6 is 15.6 Å². The van der Waals surface area contributed by atoms with Gasteiger partial charge < -0.3 is 34.2 Å². The fraction of sp³-hybridized carbons (Fsp3) is 0.680. The minimum atomic E-state index is -4.95. The lowest BCUT2D eigenvalue weighted by Gasteiger charge is -2.21. The number of hydrogen-bond donors (Lipinski definition) is 4. The minimum Gasteiger partial charge on any atom is -0.463 e. The van der Waals surface area contributed by atoms with Crippen molar-refractivity contribution < 1.29 is 75.8 Å². The predicted molar refractivity (Wildman–Crippen MR) is 482 cm³/mol. The molecule has 0 heterocycles. The summed E-state index contributed by atoms with van der Waals surface area (Å²) in [6.07, 6.45) is 114. The van der Waals surface area contributed by atoms with E-state index in [1.165, 1.54) is 135 Å². The minimum absolute atomic E-state index is 0.0924. The number of phosphoric ester groups is 2. The predicted octanol–water partition coefficient (Wildman–Crippen LogP) is 27.9. The first kappa shape index (κ1) is 110. The Morgan fingerprint density at radius 1 is 0.252 bits per heavy atom. The number of esters is 3. The highest BCUT2D eigenvalue weighted by molar-refractivity contribution is 7.47. The molecule has 658 valence electrons. The van der Waals surface area contributed by atoms with Gasteiger partial charge in [-0.05, 0) is 154 Å². The summed E-state index contributed by atoms with van der Waals surface area (Å²) in [6, 6.07) is 0. The molecular formula is C97H164O16P2. The Bertz CT molecular complexity index is 2770. The van der Waals surface area contributed by atoms with Crippen LogP contribution in [0.3, 0.4) is 0 Å². The first-order valence-corrected chi connectivity index (χ1v) is 48.4. The Kier molecular flexibility index (Phi) is 84.3. The fourth-order valence-electron chi connectivity index (χ4n) is 12.1. The van der Waals surface area contributed by atoms with Gasteiger partial charge in [0.25, 0.3) is 0 Å². The van der Waals surface area contributed by atoms with Crippen LogP contribution in [-0.4, -0.2) is 95.9 Å². The lowest BCUT2D eigenvalue weighted by atomic mass is 10.0. The number of hydrogen-bond acceptors (Lipinski definition) is 14. The molecule has 0 fully saturated rings. The van der Waals surface area contributed by atoms with E-state index in [1.54, 1.807) is 0 Å². The Morgan fingerprint density at radius 3 is 0.730 bits per heavy atom. The highest BCUT2D eigenvalue weighted by Crippen LogP contribution is 2.45. The zero-order chi connectivity index (χ0) is 83.6. The van der Waals surface area contributed by atoms with Crippen molar-refractivity contribution in [1.29, 1.82) is 0 Å². The van der Waals surface area contributed by atoms with Gasteiger partial charge in [-0.15, -0.1) is 0 Å². The van der Waals surface area contributed by atoms with E-state index >= 15 is 0 Å². The molecule has 0 rings (SSSR count). The molecule has 0 aliphatic carbocycles. The summed E-state index contributed by atoms with van der Waals surface area (Å²) >= 11 is 0. The lowest BCUT2D eigenvalue weighted by molar-refractivity contribution is -0.161. The molecular weight excluding hydrogens is 1480 g/mol. The molecule has 5 unspecified atom stereocenters. The van der Waals surface area contributed by atoms with Crippen LogP contribution in [0.1, 0.15) is 367 Å².